The van der Waals surface area contributed by atoms with Crippen molar-refractivity contribution in [1.29, 1.82) is 0 Å². The zero-order chi connectivity index (χ0) is 11.5. The summed E-state index contributed by atoms with van der Waals surface area (Å²) in [5.74, 6) is 1.72. The summed E-state index contributed by atoms with van der Waals surface area (Å²) < 4.78 is 5.13. The molecule has 0 atom stereocenters. The van der Waals surface area contributed by atoms with E-state index in [9.17, 15) is 0 Å². The van der Waals surface area contributed by atoms with Crippen molar-refractivity contribution in [2.24, 2.45) is 0 Å². The highest BCUT2D eigenvalue weighted by molar-refractivity contribution is 5.77. The Kier molecular flexibility index (Phi) is 2.81. The van der Waals surface area contributed by atoms with Crippen LogP contribution in [-0.2, 0) is 0 Å². The van der Waals surface area contributed by atoms with Crippen molar-refractivity contribution in [2.75, 3.05) is 19.5 Å². The first-order valence-corrected chi connectivity index (χ1v) is 5.13. The molecule has 0 unspecified atom stereocenters. The Morgan fingerprint density at radius 1 is 1.25 bits per heavy atom. The van der Waals surface area contributed by atoms with E-state index in [1.54, 1.807) is 7.11 Å². The summed E-state index contributed by atoms with van der Waals surface area (Å²) in [4.78, 5) is 0. The van der Waals surface area contributed by atoms with E-state index < -0.39 is 0 Å². The quantitative estimate of drug-likeness (QED) is 0.830. The molecule has 0 radical (unpaired) electrons. The van der Waals surface area contributed by atoms with Crippen LogP contribution in [0.1, 0.15) is 5.69 Å². The van der Waals surface area contributed by atoms with Gasteiger partial charge in [0.25, 0.3) is 0 Å². The third-order valence-electron chi connectivity index (χ3n) is 2.56. The molecule has 4 nitrogen and oxygen atoms in total. The minimum Gasteiger partial charge on any atom is -0.497 e. The molecule has 1 heterocycles. The monoisotopic (exact) mass is 217 g/mol. The lowest BCUT2D eigenvalue weighted by atomic mass is 10.1. The number of hydrogen-bond acceptors (Lipinski definition) is 3. The zero-order valence-electron chi connectivity index (χ0n) is 9.66. The van der Waals surface area contributed by atoms with Crippen LogP contribution in [0, 0.1) is 6.92 Å². The van der Waals surface area contributed by atoms with Crippen LogP contribution >= 0.6 is 0 Å². The molecule has 84 valence electrons. The van der Waals surface area contributed by atoms with Gasteiger partial charge in [0.2, 0.25) is 0 Å². The molecular formula is C12H15N3O. The maximum atomic E-state index is 5.13. The molecule has 0 saturated heterocycles. The molecule has 0 amide bonds. The molecule has 2 N–H and O–H groups in total. The van der Waals surface area contributed by atoms with Crippen molar-refractivity contribution in [3.8, 4) is 16.9 Å². The molecule has 16 heavy (non-hydrogen) atoms. The second-order valence-electron chi connectivity index (χ2n) is 3.55. The van der Waals surface area contributed by atoms with Gasteiger partial charge in [-0.1, -0.05) is 12.1 Å². The summed E-state index contributed by atoms with van der Waals surface area (Å²) in [5, 5.41) is 10.2. The molecule has 0 fully saturated rings. The topological polar surface area (TPSA) is 49.9 Å². The summed E-state index contributed by atoms with van der Waals surface area (Å²) >= 11 is 0. The Morgan fingerprint density at radius 2 is 1.94 bits per heavy atom. The second kappa shape index (κ2) is 4.26. The van der Waals surface area contributed by atoms with E-state index in [0.29, 0.717) is 0 Å². The van der Waals surface area contributed by atoms with Gasteiger partial charge in [-0.25, -0.2) is 0 Å². The van der Waals surface area contributed by atoms with Gasteiger partial charge in [0.15, 0.2) is 5.82 Å². The predicted molar refractivity (Wildman–Crippen MR) is 64.9 cm³/mol. The number of ether oxygens (including phenoxy) is 1. The minimum absolute atomic E-state index is 0.857. The largest absolute Gasteiger partial charge is 0.497 e. The summed E-state index contributed by atoms with van der Waals surface area (Å²) in [6.07, 6.45) is 0. The highest BCUT2D eigenvalue weighted by Gasteiger charge is 2.10. The Labute approximate surface area is 94.6 Å². The average Bonchev–Trinajstić information content (AvgIpc) is 2.70. The van der Waals surface area contributed by atoms with Crippen molar-refractivity contribution < 1.29 is 4.74 Å². The number of benzene rings is 1. The van der Waals surface area contributed by atoms with Crippen LogP contribution in [0.4, 0.5) is 5.82 Å². The average molecular weight is 217 g/mol. The van der Waals surface area contributed by atoms with Crippen LogP contribution in [0.15, 0.2) is 24.3 Å². The van der Waals surface area contributed by atoms with Gasteiger partial charge in [-0.3, -0.25) is 5.10 Å². The first kappa shape index (κ1) is 10.5. The third-order valence-corrected chi connectivity index (χ3v) is 2.56. The summed E-state index contributed by atoms with van der Waals surface area (Å²) in [7, 11) is 3.53. The number of nitrogens with one attached hydrogen (secondary N) is 2. The first-order chi connectivity index (χ1) is 7.76. The van der Waals surface area contributed by atoms with E-state index in [-0.39, 0.29) is 0 Å². The van der Waals surface area contributed by atoms with Gasteiger partial charge in [-0.2, -0.15) is 5.10 Å². The lowest BCUT2D eigenvalue weighted by Gasteiger charge is -2.05. The van der Waals surface area contributed by atoms with Gasteiger partial charge >= 0.3 is 0 Å². The molecule has 1 aromatic carbocycles. The smallest absolute Gasteiger partial charge is 0.155 e. The fourth-order valence-corrected chi connectivity index (χ4v) is 1.72. The molecule has 0 aliphatic heterocycles. The summed E-state index contributed by atoms with van der Waals surface area (Å²) in [6.45, 7) is 2.01. The van der Waals surface area contributed by atoms with Gasteiger partial charge < -0.3 is 10.1 Å². The number of aromatic amines is 1. The van der Waals surface area contributed by atoms with Gasteiger partial charge in [-0.15, -0.1) is 0 Å². The summed E-state index contributed by atoms with van der Waals surface area (Å²) in [6, 6.07) is 7.94. The molecule has 1 aromatic heterocycles. The number of aryl methyl sites for hydroxylation is 1. The maximum Gasteiger partial charge on any atom is 0.155 e. The SMILES string of the molecule is CNc1n[nH]c(C)c1-c1ccc(OC)cc1. The lowest BCUT2D eigenvalue weighted by Crippen LogP contribution is -1.91. The molecule has 2 rings (SSSR count). The number of nitrogens with zero attached hydrogens (tertiary/aromatic N) is 1. The van der Waals surface area contributed by atoms with E-state index in [2.05, 4.69) is 15.5 Å². The molecule has 4 heteroatoms. The normalized spacial score (nSPS) is 10.2. The maximum absolute atomic E-state index is 5.13. The van der Waals surface area contributed by atoms with Crippen molar-refractivity contribution >= 4 is 5.82 Å². The van der Waals surface area contributed by atoms with Gasteiger partial charge in [-0.05, 0) is 24.6 Å². The Bertz CT molecular complexity index is 474. The highest BCUT2D eigenvalue weighted by Crippen LogP contribution is 2.30. The minimum atomic E-state index is 0.857. The van der Waals surface area contributed by atoms with Crippen LogP contribution in [0.5, 0.6) is 5.75 Å². The number of anilines is 1. The number of rotatable bonds is 3. The number of H-pyrrole nitrogens is 1. The fourth-order valence-electron chi connectivity index (χ4n) is 1.72. The van der Waals surface area contributed by atoms with Crippen LogP contribution < -0.4 is 10.1 Å². The van der Waals surface area contributed by atoms with Crippen LogP contribution in [0.25, 0.3) is 11.1 Å². The Hall–Kier alpha value is -1.97. The standard InChI is InChI=1S/C12H15N3O/c1-8-11(12(13-2)15-14-8)9-4-6-10(16-3)7-5-9/h4-7H,1-3H3,(H2,13,14,15). The number of aromatic nitrogens is 2. The molecule has 0 bridgehead atoms. The molecule has 2 aromatic rings. The third kappa shape index (κ3) is 1.74. The van der Waals surface area contributed by atoms with E-state index in [1.165, 1.54) is 0 Å². The number of hydrogen-bond donors (Lipinski definition) is 2. The van der Waals surface area contributed by atoms with Gasteiger partial charge in [0.1, 0.15) is 5.75 Å². The van der Waals surface area contributed by atoms with E-state index in [0.717, 1.165) is 28.4 Å². The Balaban J connectivity index is 2.45. The second-order valence-corrected chi connectivity index (χ2v) is 3.55. The van der Waals surface area contributed by atoms with Crippen LogP contribution in [0.3, 0.4) is 0 Å². The van der Waals surface area contributed by atoms with Crippen molar-refractivity contribution in [3.05, 3.63) is 30.0 Å². The van der Waals surface area contributed by atoms with E-state index in [1.807, 2.05) is 38.2 Å². The van der Waals surface area contributed by atoms with Crippen LogP contribution in [0.2, 0.25) is 0 Å². The molecule has 0 spiro atoms. The Morgan fingerprint density at radius 3 is 2.50 bits per heavy atom. The highest BCUT2D eigenvalue weighted by atomic mass is 16.5. The molecule has 0 aliphatic rings. The molecule has 0 saturated carbocycles. The van der Waals surface area contributed by atoms with Gasteiger partial charge in [0, 0.05) is 18.3 Å². The van der Waals surface area contributed by atoms with Crippen molar-refractivity contribution in [1.82, 2.24) is 10.2 Å². The molecule has 0 aliphatic carbocycles. The van der Waals surface area contributed by atoms with Crippen molar-refractivity contribution in [3.63, 3.8) is 0 Å². The molecular weight excluding hydrogens is 202 g/mol. The fraction of sp³-hybridized carbons (Fsp3) is 0.250. The number of methoxy groups -OCH3 is 1. The van der Waals surface area contributed by atoms with Gasteiger partial charge in [0.05, 0.1) is 7.11 Å². The predicted octanol–water partition coefficient (Wildman–Crippen LogP) is 2.44. The van der Waals surface area contributed by atoms with E-state index >= 15 is 0 Å². The van der Waals surface area contributed by atoms with Crippen LogP contribution in [-0.4, -0.2) is 24.4 Å². The van der Waals surface area contributed by atoms with E-state index in [4.69, 9.17) is 4.74 Å². The lowest BCUT2D eigenvalue weighted by molar-refractivity contribution is 0.415. The summed E-state index contributed by atoms with van der Waals surface area (Å²) in [5.41, 5.74) is 3.27. The van der Waals surface area contributed by atoms with Crippen molar-refractivity contribution in [2.45, 2.75) is 6.92 Å². The zero-order valence-corrected chi connectivity index (χ0v) is 9.66. The first-order valence-electron chi connectivity index (χ1n) is 5.13.